The van der Waals surface area contributed by atoms with Crippen LogP contribution in [0.15, 0.2) is 24.3 Å². The van der Waals surface area contributed by atoms with Gasteiger partial charge in [0.15, 0.2) is 6.61 Å². The van der Waals surface area contributed by atoms with E-state index in [1.54, 1.807) is 18.2 Å². The van der Waals surface area contributed by atoms with Crippen LogP contribution in [0.1, 0.15) is 30.1 Å². The molecule has 0 bridgehead atoms. The first-order chi connectivity index (χ1) is 11.1. The van der Waals surface area contributed by atoms with Gasteiger partial charge in [-0.15, -0.1) is 0 Å². The van der Waals surface area contributed by atoms with Crippen molar-refractivity contribution in [3.63, 3.8) is 0 Å². The van der Waals surface area contributed by atoms with Gasteiger partial charge in [0.05, 0.1) is 5.56 Å². The molecule has 0 saturated carbocycles. The Bertz CT molecular complexity index is 588. The molecule has 1 heterocycles. The highest BCUT2D eigenvalue weighted by Gasteiger charge is 2.27. The van der Waals surface area contributed by atoms with Crippen molar-refractivity contribution in [1.29, 1.82) is 0 Å². The summed E-state index contributed by atoms with van der Waals surface area (Å²) >= 11 is 0. The first kappa shape index (κ1) is 16.8. The molecule has 1 aromatic rings. The summed E-state index contributed by atoms with van der Waals surface area (Å²) in [4.78, 5) is 36.4. The summed E-state index contributed by atoms with van der Waals surface area (Å²) in [7, 11) is 0. The van der Waals surface area contributed by atoms with Crippen LogP contribution in [0, 0.1) is 0 Å². The van der Waals surface area contributed by atoms with Crippen molar-refractivity contribution in [2.75, 3.05) is 31.6 Å². The Labute approximate surface area is 135 Å². The van der Waals surface area contributed by atoms with Crippen LogP contribution in [-0.4, -0.2) is 49.0 Å². The van der Waals surface area contributed by atoms with Crippen molar-refractivity contribution < 1.29 is 19.1 Å². The van der Waals surface area contributed by atoms with Gasteiger partial charge in [0.2, 0.25) is 0 Å². The molecule has 0 atom stereocenters. The number of ether oxygens (including phenoxy) is 1. The Morgan fingerprint density at radius 3 is 2.83 bits per heavy atom. The third-order valence-corrected chi connectivity index (χ3v) is 3.48. The Morgan fingerprint density at radius 1 is 1.35 bits per heavy atom. The maximum Gasteiger partial charge on any atom is 0.340 e. The Balaban J connectivity index is 1.92. The number of carbonyl (C=O) groups excluding carboxylic acids is 3. The van der Waals surface area contributed by atoms with Gasteiger partial charge in [-0.2, -0.15) is 0 Å². The molecular weight excluding hydrogens is 298 g/mol. The Hall–Kier alpha value is -2.57. The summed E-state index contributed by atoms with van der Waals surface area (Å²) in [5.74, 6) is -1.11. The van der Waals surface area contributed by atoms with Gasteiger partial charge in [-0.25, -0.2) is 9.59 Å². The van der Waals surface area contributed by atoms with E-state index in [1.165, 1.54) is 0 Å². The van der Waals surface area contributed by atoms with E-state index in [2.05, 4.69) is 17.6 Å². The summed E-state index contributed by atoms with van der Waals surface area (Å²) in [6, 6.07) is 6.54. The summed E-state index contributed by atoms with van der Waals surface area (Å²) in [6.45, 7) is 3.11. The largest absolute Gasteiger partial charge is 0.452 e. The van der Waals surface area contributed by atoms with Crippen LogP contribution in [0.3, 0.4) is 0 Å². The minimum Gasteiger partial charge on any atom is -0.452 e. The zero-order valence-electron chi connectivity index (χ0n) is 13.1. The number of carbonyl (C=O) groups is 3. The Morgan fingerprint density at radius 2 is 2.13 bits per heavy atom. The monoisotopic (exact) mass is 319 g/mol. The lowest BCUT2D eigenvalue weighted by Crippen LogP contribution is -2.37. The number of amides is 3. The molecule has 0 aliphatic carbocycles. The van der Waals surface area contributed by atoms with Gasteiger partial charge in [0.1, 0.15) is 0 Å². The number of esters is 1. The van der Waals surface area contributed by atoms with Gasteiger partial charge in [0, 0.05) is 25.3 Å². The van der Waals surface area contributed by atoms with Crippen LogP contribution in [0.4, 0.5) is 10.5 Å². The predicted molar refractivity (Wildman–Crippen MR) is 85.2 cm³/mol. The van der Waals surface area contributed by atoms with Crippen LogP contribution in [0.25, 0.3) is 0 Å². The van der Waals surface area contributed by atoms with Crippen LogP contribution < -0.4 is 10.6 Å². The molecule has 1 aliphatic heterocycles. The molecule has 7 heteroatoms. The highest BCUT2D eigenvalue weighted by molar-refractivity contribution is 5.99. The molecular formula is C16H21N3O4. The fourth-order valence-corrected chi connectivity index (χ4v) is 2.21. The molecule has 7 nitrogen and oxygen atoms in total. The summed E-state index contributed by atoms with van der Waals surface area (Å²) in [6.07, 6.45) is 2.04. The number of anilines is 1. The SMILES string of the molecule is CCCCNc1ccccc1C(=O)OCC(=O)N1CCNC1=O. The third kappa shape index (κ3) is 4.45. The minimum atomic E-state index is -0.586. The lowest BCUT2D eigenvalue weighted by molar-refractivity contribution is -0.130. The van der Waals surface area contributed by atoms with Crippen molar-refractivity contribution in [3.8, 4) is 0 Å². The molecule has 1 saturated heterocycles. The van der Waals surface area contributed by atoms with E-state index < -0.39 is 24.5 Å². The maximum atomic E-state index is 12.2. The number of benzene rings is 1. The molecule has 0 radical (unpaired) electrons. The third-order valence-electron chi connectivity index (χ3n) is 3.48. The minimum absolute atomic E-state index is 0.296. The highest BCUT2D eigenvalue weighted by Crippen LogP contribution is 2.16. The molecule has 1 aromatic carbocycles. The van der Waals surface area contributed by atoms with E-state index in [4.69, 9.17) is 4.74 Å². The second-order valence-electron chi connectivity index (χ2n) is 5.18. The van der Waals surface area contributed by atoms with E-state index in [-0.39, 0.29) is 0 Å². The van der Waals surface area contributed by atoms with Gasteiger partial charge in [-0.3, -0.25) is 9.69 Å². The topological polar surface area (TPSA) is 87.7 Å². The summed E-state index contributed by atoms with van der Waals surface area (Å²) < 4.78 is 5.05. The zero-order chi connectivity index (χ0) is 16.7. The number of hydrogen-bond acceptors (Lipinski definition) is 5. The van der Waals surface area contributed by atoms with Crippen molar-refractivity contribution >= 4 is 23.6 Å². The average molecular weight is 319 g/mol. The number of imide groups is 1. The second-order valence-corrected chi connectivity index (χ2v) is 5.18. The number of nitrogens with zero attached hydrogens (tertiary/aromatic N) is 1. The van der Waals surface area contributed by atoms with Crippen molar-refractivity contribution in [2.45, 2.75) is 19.8 Å². The fraction of sp³-hybridized carbons (Fsp3) is 0.438. The number of unbranched alkanes of at least 4 members (excludes halogenated alkanes) is 1. The van der Waals surface area contributed by atoms with Gasteiger partial charge >= 0.3 is 12.0 Å². The van der Waals surface area contributed by atoms with E-state index in [0.717, 1.165) is 24.3 Å². The van der Waals surface area contributed by atoms with Gasteiger partial charge in [-0.1, -0.05) is 25.5 Å². The standard InChI is InChI=1S/C16H21N3O4/c1-2-3-8-17-13-7-5-4-6-12(13)15(21)23-11-14(20)19-10-9-18-16(19)22/h4-7,17H,2-3,8-11H2,1H3,(H,18,22). The molecule has 1 fully saturated rings. The predicted octanol–water partition coefficient (Wildman–Crippen LogP) is 1.61. The van der Waals surface area contributed by atoms with Gasteiger partial charge in [-0.05, 0) is 18.6 Å². The quantitative estimate of drug-likeness (QED) is 0.589. The lowest BCUT2D eigenvalue weighted by atomic mass is 10.1. The smallest absolute Gasteiger partial charge is 0.340 e. The molecule has 124 valence electrons. The van der Waals surface area contributed by atoms with Crippen LogP contribution in [0.5, 0.6) is 0 Å². The average Bonchev–Trinajstić information content (AvgIpc) is 2.99. The molecule has 2 rings (SSSR count). The Kier molecular flexibility index (Phi) is 5.96. The highest BCUT2D eigenvalue weighted by atomic mass is 16.5. The molecule has 1 aliphatic rings. The number of nitrogens with one attached hydrogen (secondary N) is 2. The fourth-order valence-electron chi connectivity index (χ4n) is 2.21. The zero-order valence-corrected chi connectivity index (χ0v) is 13.1. The second kappa shape index (κ2) is 8.17. The van der Waals surface area contributed by atoms with Gasteiger partial charge < -0.3 is 15.4 Å². The summed E-state index contributed by atoms with van der Waals surface area (Å²) in [5, 5.41) is 5.71. The van der Waals surface area contributed by atoms with Crippen LogP contribution in [-0.2, 0) is 9.53 Å². The van der Waals surface area contributed by atoms with Gasteiger partial charge in [0.25, 0.3) is 5.91 Å². The number of urea groups is 1. The first-order valence-electron chi connectivity index (χ1n) is 7.71. The van der Waals surface area contributed by atoms with E-state index in [9.17, 15) is 14.4 Å². The number of hydrogen-bond donors (Lipinski definition) is 2. The van der Waals surface area contributed by atoms with Crippen molar-refractivity contribution in [2.24, 2.45) is 0 Å². The van der Waals surface area contributed by atoms with Crippen molar-refractivity contribution in [1.82, 2.24) is 10.2 Å². The first-order valence-corrected chi connectivity index (χ1v) is 7.71. The maximum absolute atomic E-state index is 12.2. The van der Waals surface area contributed by atoms with Crippen LogP contribution >= 0.6 is 0 Å². The lowest BCUT2D eigenvalue weighted by Gasteiger charge is -2.14. The van der Waals surface area contributed by atoms with E-state index in [1.807, 2.05) is 6.07 Å². The summed E-state index contributed by atoms with van der Waals surface area (Å²) in [5.41, 5.74) is 1.06. The molecule has 0 unspecified atom stereocenters. The van der Waals surface area contributed by atoms with Crippen molar-refractivity contribution in [3.05, 3.63) is 29.8 Å². The number of rotatable bonds is 7. The number of para-hydroxylation sites is 1. The molecule has 0 aromatic heterocycles. The molecule has 23 heavy (non-hydrogen) atoms. The molecule has 2 N–H and O–H groups in total. The van der Waals surface area contributed by atoms with E-state index in [0.29, 0.717) is 24.3 Å². The van der Waals surface area contributed by atoms with Crippen LogP contribution in [0.2, 0.25) is 0 Å². The van der Waals surface area contributed by atoms with E-state index >= 15 is 0 Å². The molecule has 0 spiro atoms. The molecule has 3 amide bonds. The normalized spacial score (nSPS) is 13.6.